The highest BCUT2D eigenvalue weighted by Gasteiger charge is 2.12. The molecule has 2 aromatic carbocycles. The number of hydrogen-bond donors (Lipinski definition) is 2. The number of carbonyl (C=O) groups is 1. The summed E-state index contributed by atoms with van der Waals surface area (Å²) in [5, 5.41) is 5.68. The van der Waals surface area contributed by atoms with Crippen LogP contribution in [-0.2, 0) is 6.54 Å². The summed E-state index contributed by atoms with van der Waals surface area (Å²) in [6.07, 6.45) is 0. The third-order valence-corrected chi connectivity index (χ3v) is 4.48. The van der Waals surface area contributed by atoms with E-state index < -0.39 is 0 Å². The number of aromatic nitrogens is 1. The Hall–Kier alpha value is -3.28. The van der Waals surface area contributed by atoms with E-state index in [1.165, 1.54) is 12.1 Å². The van der Waals surface area contributed by atoms with Crippen molar-refractivity contribution in [3.63, 3.8) is 0 Å². The molecule has 0 radical (unpaired) electrons. The summed E-state index contributed by atoms with van der Waals surface area (Å²) in [4.78, 5) is 12.2. The van der Waals surface area contributed by atoms with E-state index in [1.807, 2.05) is 43.5 Å². The maximum absolute atomic E-state index is 13.2. The summed E-state index contributed by atoms with van der Waals surface area (Å²) in [6, 6.07) is 15.3. The summed E-state index contributed by atoms with van der Waals surface area (Å²) in [6.45, 7) is 6.89. The molecule has 2 N–H and O–H groups in total. The van der Waals surface area contributed by atoms with Crippen LogP contribution < -0.4 is 15.4 Å². The van der Waals surface area contributed by atoms with Crippen LogP contribution in [0.15, 0.2) is 54.6 Å². The lowest BCUT2D eigenvalue weighted by atomic mass is 10.2. The van der Waals surface area contributed by atoms with Crippen LogP contribution in [-0.4, -0.2) is 17.2 Å². The molecule has 0 aliphatic carbocycles. The maximum atomic E-state index is 13.2. The molecule has 2 amide bonds. The molecule has 0 saturated carbocycles. The van der Waals surface area contributed by atoms with Crippen molar-refractivity contribution in [2.24, 2.45) is 0 Å². The Morgan fingerprint density at radius 2 is 1.75 bits per heavy atom. The predicted octanol–water partition coefficient (Wildman–Crippen LogP) is 4.95. The number of nitrogens with one attached hydrogen (secondary N) is 2. The topological polar surface area (TPSA) is 55.3 Å². The number of aryl methyl sites for hydroxylation is 1. The predicted molar refractivity (Wildman–Crippen MR) is 109 cm³/mol. The summed E-state index contributed by atoms with van der Waals surface area (Å²) in [7, 11) is 0. The minimum Gasteiger partial charge on any atom is -0.494 e. The standard InChI is InChI=1S/C22H24FN3O2/c1-4-28-21-11-7-19(8-12-21)25-22(27)24-14-17-13-15(2)26(16(17)3)20-9-5-18(23)6-10-20/h5-13H,4,14H2,1-3H3,(H2,24,25,27). The fourth-order valence-corrected chi connectivity index (χ4v) is 3.15. The minimum atomic E-state index is -0.282. The van der Waals surface area contributed by atoms with Crippen LogP contribution in [0.5, 0.6) is 5.75 Å². The fourth-order valence-electron chi connectivity index (χ4n) is 3.15. The number of hydrogen-bond acceptors (Lipinski definition) is 2. The monoisotopic (exact) mass is 381 g/mol. The number of carbonyl (C=O) groups excluding carboxylic acids is 1. The molecule has 0 unspecified atom stereocenters. The van der Waals surface area contributed by atoms with Gasteiger partial charge in [0.1, 0.15) is 11.6 Å². The number of nitrogens with zero attached hydrogens (tertiary/aromatic N) is 1. The van der Waals surface area contributed by atoms with E-state index in [-0.39, 0.29) is 11.8 Å². The molecule has 0 aliphatic rings. The molecule has 0 spiro atoms. The first-order chi connectivity index (χ1) is 13.5. The van der Waals surface area contributed by atoms with E-state index in [1.54, 1.807) is 24.3 Å². The van der Waals surface area contributed by atoms with E-state index in [9.17, 15) is 9.18 Å². The van der Waals surface area contributed by atoms with Gasteiger partial charge in [-0.05, 0) is 80.9 Å². The van der Waals surface area contributed by atoms with Gasteiger partial charge in [0.15, 0.2) is 0 Å². The first-order valence-corrected chi connectivity index (χ1v) is 9.19. The molecule has 0 atom stereocenters. The molecule has 3 aromatic rings. The Bertz CT molecular complexity index is 947. The van der Waals surface area contributed by atoms with Gasteiger partial charge in [0.2, 0.25) is 0 Å². The maximum Gasteiger partial charge on any atom is 0.319 e. The van der Waals surface area contributed by atoms with Gasteiger partial charge >= 0.3 is 6.03 Å². The summed E-state index contributed by atoms with van der Waals surface area (Å²) >= 11 is 0. The van der Waals surface area contributed by atoms with Gasteiger partial charge < -0.3 is 19.9 Å². The van der Waals surface area contributed by atoms with Gasteiger partial charge in [0, 0.05) is 29.3 Å². The minimum absolute atomic E-state index is 0.265. The highest BCUT2D eigenvalue weighted by Crippen LogP contribution is 2.21. The number of urea groups is 1. The number of rotatable bonds is 6. The number of halogens is 1. The molecule has 0 saturated heterocycles. The van der Waals surface area contributed by atoms with Gasteiger partial charge in [0.05, 0.1) is 6.61 Å². The molecule has 0 fully saturated rings. The zero-order valence-electron chi connectivity index (χ0n) is 16.3. The third-order valence-electron chi connectivity index (χ3n) is 4.48. The first kappa shape index (κ1) is 19.5. The molecular formula is C22H24FN3O2. The summed E-state index contributed by atoms with van der Waals surface area (Å²) in [5.74, 6) is 0.501. The van der Waals surface area contributed by atoms with Crippen LogP contribution in [0.4, 0.5) is 14.9 Å². The quantitative estimate of drug-likeness (QED) is 0.634. The largest absolute Gasteiger partial charge is 0.494 e. The van der Waals surface area contributed by atoms with E-state index in [2.05, 4.69) is 10.6 Å². The number of benzene rings is 2. The van der Waals surface area contributed by atoms with Crippen molar-refractivity contribution in [1.29, 1.82) is 0 Å². The number of amides is 2. The van der Waals surface area contributed by atoms with Crippen molar-refractivity contribution in [3.05, 3.63) is 77.4 Å². The molecule has 1 aromatic heterocycles. The Balaban J connectivity index is 1.63. The Labute approximate surface area is 164 Å². The van der Waals surface area contributed by atoms with Gasteiger partial charge in [-0.15, -0.1) is 0 Å². The van der Waals surface area contributed by atoms with Crippen molar-refractivity contribution >= 4 is 11.7 Å². The second kappa shape index (κ2) is 8.61. The number of ether oxygens (including phenoxy) is 1. The van der Waals surface area contributed by atoms with Gasteiger partial charge in [-0.25, -0.2) is 9.18 Å². The lowest BCUT2D eigenvalue weighted by Gasteiger charge is -2.11. The Morgan fingerprint density at radius 1 is 1.07 bits per heavy atom. The average Bonchev–Trinajstić information content (AvgIpc) is 2.96. The lowest BCUT2D eigenvalue weighted by Crippen LogP contribution is -2.28. The van der Waals surface area contributed by atoms with Crippen LogP contribution in [0, 0.1) is 19.7 Å². The van der Waals surface area contributed by atoms with E-state index in [0.717, 1.165) is 28.4 Å². The molecule has 0 bridgehead atoms. The van der Waals surface area contributed by atoms with Crippen LogP contribution in [0.1, 0.15) is 23.9 Å². The Morgan fingerprint density at radius 3 is 2.39 bits per heavy atom. The molecule has 28 heavy (non-hydrogen) atoms. The van der Waals surface area contributed by atoms with Crippen molar-refractivity contribution in [2.75, 3.05) is 11.9 Å². The van der Waals surface area contributed by atoms with Gasteiger partial charge in [-0.1, -0.05) is 0 Å². The average molecular weight is 381 g/mol. The Kier molecular flexibility index (Phi) is 5.99. The fraction of sp³-hybridized carbons (Fsp3) is 0.227. The second-order valence-corrected chi connectivity index (χ2v) is 6.47. The van der Waals surface area contributed by atoms with Crippen LogP contribution in [0.25, 0.3) is 5.69 Å². The van der Waals surface area contributed by atoms with E-state index >= 15 is 0 Å². The lowest BCUT2D eigenvalue weighted by molar-refractivity contribution is 0.251. The van der Waals surface area contributed by atoms with Crippen LogP contribution in [0.3, 0.4) is 0 Å². The molecule has 146 valence electrons. The van der Waals surface area contributed by atoms with Crippen LogP contribution >= 0.6 is 0 Å². The normalized spacial score (nSPS) is 10.6. The first-order valence-electron chi connectivity index (χ1n) is 9.19. The van der Waals surface area contributed by atoms with E-state index in [0.29, 0.717) is 18.8 Å². The van der Waals surface area contributed by atoms with Crippen molar-refractivity contribution < 1.29 is 13.9 Å². The SMILES string of the molecule is CCOc1ccc(NC(=O)NCc2cc(C)n(-c3ccc(F)cc3)c2C)cc1. The van der Waals surface area contributed by atoms with Gasteiger partial charge in [0.25, 0.3) is 0 Å². The van der Waals surface area contributed by atoms with Crippen molar-refractivity contribution in [2.45, 2.75) is 27.3 Å². The smallest absolute Gasteiger partial charge is 0.319 e. The molecular weight excluding hydrogens is 357 g/mol. The third kappa shape index (κ3) is 4.52. The highest BCUT2D eigenvalue weighted by molar-refractivity contribution is 5.89. The zero-order valence-corrected chi connectivity index (χ0v) is 16.3. The van der Waals surface area contributed by atoms with Gasteiger partial charge in [-0.2, -0.15) is 0 Å². The van der Waals surface area contributed by atoms with Crippen molar-refractivity contribution in [3.8, 4) is 11.4 Å². The molecule has 5 nitrogen and oxygen atoms in total. The summed E-state index contributed by atoms with van der Waals surface area (Å²) < 4.78 is 20.6. The van der Waals surface area contributed by atoms with Gasteiger partial charge in [-0.3, -0.25) is 0 Å². The molecule has 1 heterocycles. The van der Waals surface area contributed by atoms with E-state index in [4.69, 9.17) is 4.74 Å². The number of anilines is 1. The summed E-state index contributed by atoms with van der Waals surface area (Å²) in [5.41, 5.74) is 4.61. The second-order valence-electron chi connectivity index (χ2n) is 6.47. The highest BCUT2D eigenvalue weighted by atomic mass is 19.1. The molecule has 0 aliphatic heterocycles. The molecule has 3 rings (SSSR count). The zero-order chi connectivity index (χ0) is 20.1. The van der Waals surface area contributed by atoms with Crippen LogP contribution in [0.2, 0.25) is 0 Å². The van der Waals surface area contributed by atoms with Crippen molar-refractivity contribution in [1.82, 2.24) is 9.88 Å². The molecule has 6 heteroatoms.